The first-order valence-corrected chi connectivity index (χ1v) is 19.1. The third-order valence-corrected chi connectivity index (χ3v) is 10.7. The number of rotatable bonds is 6. The number of imidazole rings is 1. The van der Waals surface area contributed by atoms with Gasteiger partial charge in [-0.05, 0) is 68.6 Å². The quantitative estimate of drug-likeness (QED) is 0.121. The molecule has 0 bridgehead atoms. The van der Waals surface area contributed by atoms with Gasteiger partial charge in [-0.25, -0.2) is 4.98 Å². The number of nitrogens with zero attached hydrogens (tertiary/aromatic N) is 4. The van der Waals surface area contributed by atoms with Crippen LogP contribution in [0.4, 0.5) is 0 Å². The molecule has 0 radical (unpaired) electrons. The summed E-state index contributed by atoms with van der Waals surface area (Å²) in [5.41, 5.74) is 13.6. The fourth-order valence-corrected chi connectivity index (χ4v) is 8.02. The molecule has 4 nitrogen and oxygen atoms in total. The van der Waals surface area contributed by atoms with Crippen LogP contribution in [0.15, 0.2) is 176 Å². The predicted molar refractivity (Wildman–Crippen MR) is 228 cm³/mol. The average molecular weight is 914 g/mol. The predicted octanol–water partition coefficient (Wildman–Crippen LogP) is 12.1. The molecular weight excluding hydrogens is 876 g/mol. The van der Waals surface area contributed by atoms with Crippen molar-refractivity contribution in [1.29, 1.82) is 0 Å². The molecule has 0 spiro atoms. The molecule has 0 atom stereocenters. The molecule has 3 heterocycles. The number of hydrogen-bond acceptors (Lipinski definition) is 1. The van der Waals surface area contributed by atoms with Crippen LogP contribution >= 0.6 is 0 Å². The van der Waals surface area contributed by atoms with E-state index in [2.05, 4.69) is 205 Å². The molecule has 0 saturated carbocycles. The third-order valence-electron chi connectivity index (χ3n) is 10.7. The smallest absolute Gasteiger partial charge is 0.268 e. The standard InChI is InChI=1S/C52H38N4.Pt/c1-52(2,3)37-33-44(53-50(34-37)56-46-29-14-11-23-40(46)41-24-12-15-30-47(41)56)51-39(36-19-6-4-7-20-36)26-18-27-43(51)42-25-10-13-28-45(42)55-35-54(38-21-8-5-9-22-38)48-31-16-17-32-49(48)55;/h4-21,23-29,31-34H,1-3H3;/q-2;. The Morgan fingerprint density at radius 2 is 1.26 bits per heavy atom. The van der Waals surface area contributed by atoms with Crippen molar-refractivity contribution in [3.05, 3.63) is 200 Å². The second-order valence-electron chi connectivity index (χ2n) is 15.3. The second kappa shape index (κ2) is 14.6. The van der Waals surface area contributed by atoms with E-state index < -0.39 is 0 Å². The maximum Gasteiger partial charge on any atom is 0.268 e. The van der Waals surface area contributed by atoms with Gasteiger partial charge in [0.05, 0.1) is 22.4 Å². The van der Waals surface area contributed by atoms with Crippen LogP contribution in [0.2, 0.25) is 0 Å². The Morgan fingerprint density at radius 3 is 2.09 bits per heavy atom. The molecule has 7 aromatic carbocycles. The van der Waals surface area contributed by atoms with Crippen molar-refractivity contribution < 1.29 is 25.6 Å². The summed E-state index contributed by atoms with van der Waals surface area (Å²) in [5.74, 6) is 0.869. The van der Waals surface area contributed by atoms with E-state index in [1.165, 1.54) is 10.9 Å². The summed E-state index contributed by atoms with van der Waals surface area (Å²) >= 11 is 0. The molecule has 278 valence electrons. The zero-order chi connectivity index (χ0) is 37.8. The van der Waals surface area contributed by atoms with Crippen molar-refractivity contribution >= 4 is 32.8 Å². The Labute approximate surface area is 347 Å². The number of fused-ring (bicyclic) bond motifs is 4. The third kappa shape index (κ3) is 6.31. The SMILES string of the molecule is CC(C)(C)c1cc(-c2c(-c3ccccc3)cccc2-c2ccccc2-[n+]2[c-]n(-c3[c-]cccc3)c3ccccc32)nc(-n2c3[c-]cccc3c3ccccc32)c1.[Pt]. The van der Waals surface area contributed by atoms with Gasteiger partial charge in [0.2, 0.25) is 0 Å². The van der Waals surface area contributed by atoms with Crippen LogP contribution in [0, 0.1) is 18.5 Å². The van der Waals surface area contributed by atoms with E-state index in [9.17, 15) is 0 Å². The summed E-state index contributed by atoms with van der Waals surface area (Å²) in [7, 11) is 0. The van der Waals surface area contributed by atoms with Gasteiger partial charge >= 0.3 is 0 Å². The Hall–Kier alpha value is -6.35. The minimum atomic E-state index is -0.157. The van der Waals surface area contributed by atoms with E-state index in [4.69, 9.17) is 4.98 Å². The summed E-state index contributed by atoms with van der Waals surface area (Å²) in [5, 5.41) is 2.34. The first-order chi connectivity index (χ1) is 27.4. The molecule has 0 aliphatic heterocycles. The van der Waals surface area contributed by atoms with Gasteiger partial charge < -0.3 is 9.13 Å². The normalized spacial score (nSPS) is 11.6. The monoisotopic (exact) mass is 913 g/mol. The molecule has 3 aromatic heterocycles. The van der Waals surface area contributed by atoms with Crippen molar-refractivity contribution in [2.75, 3.05) is 0 Å². The molecule has 0 N–H and O–H groups in total. The number of hydrogen-bond donors (Lipinski definition) is 0. The molecule has 0 aliphatic carbocycles. The van der Waals surface area contributed by atoms with E-state index in [1.807, 2.05) is 24.3 Å². The van der Waals surface area contributed by atoms with Crippen molar-refractivity contribution in [2.45, 2.75) is 26.2 Å². The van der Waals surface area contributed by atoms with Gasteiger partial charge in [-0.3, -0.25) is 4.57 Å². The van der Waals surface area contributed by atoms with Gasteiger partial charge in [0, 0.05) is 32.1 Å². The topological polar surface area (TPSA) is 26.6 Å². The van der Waals surface area contributed by atoms with Crippen molar-refractivity contribution in [3.63, 3.8) is 0 Å². The van der Waals surface area contributed by atoms with E-state index >= 15 is 0 Å². The molecule has 0 amide bonds. The van der Waals surface area contributed by atoms with Gasteiger partial charge in [-0.1, -0.05) is 135 Å². The molecule has 0 aliphatic rings. The van der Waals surface area contributed by atoms with Gasteiger partial charge in [-0.15, -0.1) is 5.39 Å². The van der Waals surface area contributed by atoms with E-state index in [-0.39, 0.29) is 26.5 Å². The molecule has 0 unspecified atom stereocenters. The zero-order valence-electron chi connectivity index (χ0n) is 31.8. The Kier molecular flexibility index (Phi) is 9.31. The van der Waals surface area contributed by atoms with Crippen molar-refractivity contribution in [2.24, 2.45) is 0 Å². The van der Waals surface area contributed by atoms with E-state index in [0.29, 0.717) is 0 Å². The summed E-state index contributed by atoms with van der Waals surface area (Å²) in [6, 6.07) is 68.8. The van der Waals surface area contributed by atoms with E-state index in [0.717, 1.165) is 78.2 Å². The van der Waals surface area contributed by atoms with E-state index in [1.54, 1.807) is 0 Å². The molecule has 0 saturated heterocycles. The molecule has 57 heavy (non-hydrogen) atoms. The Bertz CT molecular complexity index is 3010. The first kappa shape index (κ1) is 36.3. The van der Waals surface area contributed by atoms with Gasteiger partial charge in [0.1, 0.15) is 5.82 Å². The van der Waals surface area contributed by atoms with Crippen LogP contribution in [-0.4, -0.2) is 14.1 Å². The molecule has 10 rings (SSSR count). The fraction of sp³-hybridized carbons (Fsp3) is 0.0769. The summed E-state index contributed by atoms with van der Waals surface area (Å²) < 4.78 is 6.56. The van der Waals surface area contributed by atoms with Crippen molar-refractivity contribution in [1.82, 2.24) is 14.1 Å². The van der Waals surface area contributed by atoms with Crippen molar-refractivity contribution in [3.8, 4) is 50.7 Å². The van der Waals surface area contributed by atoms with Crippen LogP contribution < -0.4 is 4.57 Å². The van der Waals surface area contributed by atoms with Crippen LogP contribution in [0.1, 0.15) is 26.3 Å². The molecule has 5 heteroatoms. The summed E-state index contributed by atoms with van der Waals surface area (Å²) in [6.07, 6.45) is 3.71. The average Bonchev–Trinajstić information content (AvgIpc) is 3.80. The van der Waals surface area contributed by atoms with Crippen LogP contribution in [0.25, 0.3) is 83.5 Å². The van der Waals surface area contributed by atoms with Crippen LogP contribution in [0.5, 0.6) is 0 Å². The maximum atomic E-state index is 5.65. The number of aromatic nitrogens is 4. The minimum absolute atomic E-state index is 0. The zero-order valence-corrected chi connectivity index (χ0v) is 34.1. The van der Waals surface area contributed by atoms with Crippen LogP contribution in [0.3, 0.4) is 0 Å². The molecular formula is C52H38N4Pt-2. The van der Waals surface area contributed by atoms with Gasteiger partial charge in [0.25, 0.3) is 6.33 Å². The second-order valence-corrected chi connectivity index (χ2v) is 15.3. The number of pyridine rings is 1. The number of benzene rings is 7. The first-order valence-electron chi connectivity index (χ1n) is 19.1. The molecule has 10 aromatic rings. The molecule has 0 fully saturated rings. The maximum absolute atomic E-state index is 5.65. The summed E-state index contributed by atoms with van der Waals surface area (Å²) in [4.78, 5) is 5.65. The summed E-state index contributed by atoms with van der Waals surface area (Å²) in [6.45, 7) is 6.83. The largest absolute Gasteiger partial charge is 0.319 e. The number of para-hydroxylation sites is 6. The Balaban J connectivity index is 0.00000422. The van der Waals surface area contributed by atoms with Gasteiger partial charge in [0.15, 0.2) is 0 Å². The fourth-order valence-electron chi connectivity index (χ4n) is 8.02. The van der Waals surface area contributed by atoms with Crippen LogP contribution in [-0.2, 0) is 26.5 Å². The minimum Gasteiger partial charge on any atom is -0.319 e. The Morgan fingerprint density at radius 1 is 0.579 bits per heavy atom. The van der Waals surface area contributed by atoms with Gasteiger partial charge in [-0.2, -0.15) is 54.6 Å².